The van der Waals surface area contributed by atoms with E-state index in [2.05, 4.69) is 16.8 Å². The molecule has 0 amide bonds. The molecular weight excluding hydrogens is 224 g/mol. The van der Waals surface area contributed by atoms with Gasteiger partial charge in [-0.2, -0.15) is 0 Å². The van der Waals surface area contributed by atoms with E-state index in [0.29, 0.717) is 17.8 Å². The van der Waals surface area contributed by atoms with Crippen LogP contribution in [0.15, 0.2) is 6.07 Å². The number of anilines is 2. The zero-order valence-electron chi connectivity index (χ0n) is 11.1. The normalized spacial score (nSPS) is 20.3. The highest BCUT2D eigenvalue weighted by atomic mass is 15.2. The molecule has 4 nitrogen and oxygen atoms in total. The number of rotatable bonds is 4. The number of nitrogens with two attached hydrogens (primary N) is 1. The van der Waals surface area contributed by atoms with Gasteiger partial charge in [0.25, 0.3) is 0 Å². The first-order chi connectivity index (χ1) is 8.78. The van der Waals surface area contributed by atoms with Crippen LogP contribution in [0, 0.1) is 0 Å². The Morgan fingerprint density at radius 1 is 1.22 bits per heavy atom. The van der Waals surface area contributed by atoms with Crippen molar-refractivity contribution in [2.24, 2.45) is 0 Å². The summed E-state index contributed by atoms with van der Waals surface area (Å²) in [6.45, 7) is 3.21. The lowest BCUT2D eigenvalue weighted by Crippen LogP contribution is -2.34. The van der Waals surface area contributed by atoms with E-state index in [1.54, 1.807) is 0 Å². The van der Waals surface area contributed by atoms with E-state index >= 15 is 0 Å². The van der Waals surface area contributed by atoms with Crippen molar-refractivity contribution in [1.82, 2.24) is 9.97 Å². The van der Waals surface area contributed by atoms with E-state index in [4.69, 9.17) is 10.7 Å². The maximum absolute atomic E-state index is 5.94. The summed E-state index contributed by atoms with van der Waals surface area (Å²) in [4.78, 5) is 11.5. The number of nitrogens with zero attached hydrogens (tertiary/aromatic N) is 3. The van der Waals surface area contributed by atoms with Crippen LogP contribution in [-0.2, 0) is 0 Å². The van der Waals surface area contributed by atoms with Gasteiger partial charge in [-0.15, -0.1) is 0 Å². The van der Waals surface area contributed by atoms with Gasteiger partial charge in [0.15, 0.2) is 0 Å². The number of aromatic nitrogens is 2. The molecule has 2 saturated carbocycles. The average Bonchev–Trinajstić information content (AvgIpc) is 3.08. The van der Waals surface area contributed by atoms with Crippen LogP contribution in [0.3, 0.4) is 0 Å². The Morgan fingerprint density at radius 2 is 1.94 bits per heavy atom. The smallest absolute Gasteiger partial charge is 0.136 e. The molecule has 0 spiro atoms. The highest BCUT2D eigenvalue weighted by Gasteiger charge is 2.29. The lowest BCUT2D eigenvalue weighted by molar-refractivity contribution is 0.611. The Morgan fingerprint density at radius 3 is 2.56 bits per heavy atom. The Bertz CT molecular complexity index is 422. The van der Waals surface area contributed by atoms with Crippen molar-refractivity contribution in [2.75, 3.05) is 17.2 Å². The predicted molar refractivity (Wildman–Crippen MR) is 73.7 cm³/mol. The van der Waals surface area contributed by atoms with Gasteiger partial charge in [0, 0.05) is 24.6 Å². The summed E-state index contributed by atoms with van der Waals surface area (Å²) in [5.74, 6) is 3.19. The molecule has 2 aliphatic rings. The van der Waals surface area contributed by atoms with Crippen molar-refractivity contribution < 1.29 is 0 Å². The monoisotopic (exact) mass is 246 g/mol. The second-order valence-electron chi connectivity index (χ2n) is 5.51. The van der Waals surface area contributed by atoms with Gasteiger partial charge in [-0.05, 0) is 32.6 Å². The number of nitrogen functional groups attached to an aromatic ring is 1. The summed E-state index contributed by atoms with van der Waals surface area (Å²) in [6, 6.07) is 2.59. The lowest BCUT2D eigenvalue weighted by Gasteiger charge is -2.29. The van der Waals surface area contributed by atoms with Crippen LogP contribution in [-0.4, -0.2) is 22.6 Å². The molecule has 2 aliphatic carbocycles. The van der Waals surface area contributed by atoms with E-state index in [-0.39, 0.29) is 0 Å². The van der Waals surface area contributed by atoms with Gasteiger partial charge < -0.3 is 10.6 Å². The van der Waals surface area contributed by atoms with Crippen LogP contribution in [0.4, 0.5) is 11.6 Å². The summed E-state index contributed by atoms with van der Waals surface area (Å²) >= 11 is 0. The van der Waals surface area contributed by atoms with E-state index in [0.717, 1.165) is 18.2 Å². The zero-order chi connectivity index (χ0) is 12.5. The molecule has 1 heterocycles. The SMILES string of the molecule is CCN(c1cc(N)nc(C2CC2)n1)C1CCCC1. The third kappa shape index (κ3) is 2.28. The third-order valence-corrected chi connectivity index (χ3v) is 4.09. The average molecular weight is 246 g/mol. The van der Waals surface area contributed by atoms with Crippen molar-refractivity contribution in [2.45, 2.75) is 57.4 Å². The molecule has 98 valence electrons. The molecule has 0 unspecified atom stereocenters. The molecule has 0 bridgehead atoms. The molecule has 1 aromatic heterocycles. The van der Waals surface area contributed by atoms with Crippen molar-refractivity contribution in [3.8, 4) is 0 Å². The molecule has 0 radical (unpaired) electrons. The minimum Gasteiger partial charge on any atom is -0.384 e. The molecule has 0 aromatic carbocycles. The van der Waals surface area contributed by atoms with Crippen molar-refractivity contribution >= 4 is 11.6 Å². The molecule has 2 N–H and O–H groups in total. The van der Waals surface area contributed by atoms with Crippen molar-refractivity contribution in [1.29, 1.82) is 0 Å². The summed E-state index contributed by atoms with van der Waals surface area (Å²) in [5.41, 5.74) is 5.94. The number of hydrogen-bond acceptors (Lipinski definition) is 4. The molecule has 0 atom stereocenters. The molecule has 0 aliphatic heterocycles. The van der Waals surface area contributed by atoms with Crippen molar-refractivity contribution in [3.05, 3.63) is 11.9 Å². The Labute approximate surface area is 109 Å². The third-order valence-electron chi connectivity index (χ3n) is 4.09. The fourth-order valence-electron chi connectivity index (χ4n) is 2.97. The fraction of sp³-hybridized carbons (Fsp3) is 0.714. The first-order valence-corrected chi connectivity index (χ1v) is 7.19. The standard InChI is InChI=1S/C14H22N4/c1-2-18(11-5-3-4-6-11)13-9-12(15)16-14(17-13)10-7-8-10/h9-11H,2-8H2,1H3,(H2,15,16,17). The van der Waals surface area contributed by atoms with Gasteiger partial charge in [0.1, 0.15) is 17.5 Å². The Balaban J connectivity index is 1.88. The summed E-state index contributed by atoms with van der Waals surface area (Å²) < 4.78 is 0. The summed E-state index contributed by atoms with van der Waals surface area (Å²) in [7, 11) is 0. The topological polar surface area (TPSA) is 55.0 Å². The van der Waals surface area contributed by atoms with Crippen LogP contribution in [0.2, 0.25) is 0 Å². The van der Waals surface area contributed by atoms with Gasteiger partial charge in [-0.25, -0.2) is 9.97 Å². The first-order valence-electron chi connectivity index (χ1n) is 7.19. The second-order valence-corrected chi connectivity index (χ2v) is 5.51. The van der Waals surface area contributed by atoms with Gasteiger partial charge in [0.2, 0.25) is 0 Å². The van der Waals surface area contributed by atoms with Crippen LogP contribution >= 0.6 is 0 Å². The summed E-state index contributed by atoms with van der Waals surface area (Å²) in [5, 5.41) is 0. The van der Waals surface area contributed by atoms with Gasteiger partial charge >= 0.3 is 0 Å². The van der Waals surface area contributed by atoms with E-state index in [1.807, 2.05) is 6.07 Å². The number of hydrogen-bond donors (Lipinski definition) is 1. The van der Waals surface area contributed by atoms with Gasteiger partial charge in [-0.3, -0.25) is 0 Å². The second kappa shape index (κ2) is 4.75. The van der Waals surface area contributed by atoms with E-state index in [1.165, 1.54) is 38.5 Å². The van der Waals surface area contributed by atoms with Crippen molar-refractivity contribution in [3.63, 3.8) is 0 Å². The van der Waals surface area contributed by atoms with Crippen LogP contribution in [0.25, 0.3) is 0 Å². The van der Waals surface area contributed by atoms with Crippen LogP contribution < -0.4 is 10.6 Å². The summed E-state index contributed by atoms with van der Waals surface area (Å²) in [6.07, 6.45) is 7.71. The Kier molecular flexibility index (Phi) is 3.10. The minimum atomic E-state index is 0.564. The molecule has 18 heavy (non-hydrogen) atoms. The zero-order valence-corrected chi connectivity index (χ0v) is 11.1. The predicted octanol–water partition coefficient (Wildman–Crippen LogP) is 2.71. The molecule has 4 heteroatoms. The fourth-order valence-corrected chi connectivity index (χ4v) is 2.97. The van der Waals surface area contributed by atoms with E-state index in [9.17, 15) is 0 Å². The molecule has 2 fully saturated rings. The van der Waals surface area contributed by atoms with Crippen LogP contribution in [0.5, 0.6) is 0 Å². The molecule has 1 aromatic rings. The highest BCUT2D eigenvalue weighted by Crippen LogP contribution is 2.39. The molecule has 0 saturated heterocycles. The maximum Gasteiger partial charge on any atom is 0.136 e. The van der Waals surface area contributed by atoms with Gasteiger partial charge in [0.05, 0.1) is 0 Å². The largest absolute Gasteiger partial charge is 0.384 e. The Hall–Kier alpha value is -1.32. The first kappa shape index (κ1) is 11.8. The van der Waals surface area contributed by atoms with Gasteiger partial charge in [-0.1, -0.05) is 12.8 Å². The lowest BCUT2D eigenvalue weighted by atomic mass is 10.2. The molecular formula is C14H22N4. The highest BCUT2D eigenvalue weighted by molar-refractivity contribution is 5.48. The quantitative estimate of drug-likeness (QED) is 0.887. The minimum absolute atomic E-state index is 0.564. The molecule has 3 rings (SSSR count). The van der Waals surface area contributed by atoms with Crippen LogP contribution in [0.1, 0.15) is 57.2 Å². The maximum atomic E-state index is 5.94. The van der Waals surface area contributed by atoms with E-state index < -0.39 is 0 Å².